The second-order valence-electron chi connectivity index (χ2n) is 2.31. The molecular weight excluding hydrogens is 229 g/mol. The first-order valence-electron chi connectivity index (χ1n) is 3.12. The van der Waals surface area contributed by atoms with Crippen molar-refractivity contribution in [1.82, 2.24) is 0 Å². The Labute approximate surface area is 76.5 Å². The van der Waals surface area contributed by atoms with E-state index >= 15 is 0 Å². The maximum Gasteiger partial charge on any atom is 0.283 e. The number of benzene rings is 1. The third-order valence-electron chi connectivity index (χ3n) is 1.42. The zero-order valence-corrected chi connectivity index (χ0v) is 7.76. The molecule has 12 heavy (non-hydrogen) atoms. The lowest BCUT2D eigenvalue weighted by atomic mass is 10.2. The Kier molecular flexibility index (Phi) is 2.42. The van der Waals surface area contributed by atoms with Crippen molar-refractivity contribution in [2.45, 2.75) is 6.92 Å². The molecule has 0 amide bonds. The Bertz CT molecular complexity index is 340. The molecule has 0 aliphatic rings. The van der Waals surface area contributed by atoms with E-state index in [-0.39, 0.29) is 15.7 Å². The van der Waals surface area contributed by atoms with Gasteiger partial charge >= 0.3 is 0 Å². The summed E-state index contributed by atoms with van der Waals surface area (Å²) in [5.74, 6) is -0.451. The highest BCUT2D eigenvalue weighted by molar-refractivity contribution is 9.10. The van der Waals surface area contributed by atoms with E-state index in [1.807, 2.05) is 0 Å². The summed E-state index contributed by atoms with van der Waals surface area (Å²) in [6.07, 6.45) is 0. The van der Waals surface area contributed by atoms with Crippen LogP contribution in [-0.4, -0.2) is 4.92 Å². The average Bonchev–Trinajstić information content (AvgIpc) is 1.96. The molecule has 0 heterocycles. The van der Waals surface area contributed by atoms with Crippen molar-refractivity contribution in [1.29, 1.82) is 0 Å². The molecule has 64 valence electrons. The fourth-order valence-corrected chi connectivity index (χ4v) is 1.24. The average molecular weight is 234 g/mol. The molecular formula is C7H5BrFNO2. The van der Waals surface area contributed by atoms with Crippen molar-refractivity contribution < 1.29 is 9.31 Å². The lowest BCUT2D eigenvalue weighted by molar-refractivity contribution is -0.385. The highest BCUT2D eigenvalue weighted by Crippen LogP contribution is 2.27. The minimum absolute atomic E-state index is 0.117. The van der Waals surface area contributed by atoms with Crippen molar-refractivity contribution in [3.05, 3.63) is 38.1 Å². The summed E-state index contributed by atoms with van der Waals surface area (Å²) in [7, 11) is 0. The normalized spacial score (nSPS) is 9.92. The number of hydrogen-bond acceptors (Lipinski definition) is 2. The molecule has 1 aromatic carbocycles. The van der Waals surface area contributed by atoms with Crippen LogP contribution in [0.4, 0.5) is 10.1 Å². The smallest absolute Gasteiger partial charge is 0.258 e. The monoisotopic (exact) mass is 233 g/mol. The van der Waals surface area contributed by atoms with Crippen LogP contribution in [0.25, 0.3) is 0 Å². The van der Waals surface area contributed by atoms with Crippen molar-refractivity contribution in [3.8, 4) is 0 Å². The fraction of sp³-hybridized carbons (Fsp3) is 0.143. The molecule has 0 saturated heterocycles. The highest BCUT2D eigenvalue weighted by atomic mass is 79.9. The van der Waals surface area contributed by atoms with Crippen LogP contribution in [0, 0.1) is 22.9 Å². The molecule has 0 bridgehead atoms. The third-order valence-corrected chi connectivity index (χ3v) is 2.06. The number of aryl methyl sites for hydroxylation is 1. The minimum Gasteiger partial charge on any atom is -0.258 e. The van der Waals surface area contributed by atoms with Gasteiger partial charge in [0.25, 0.3) is 5.69 Å². The van der Waals surface area contributed by atoms with Crippen LogP contribution < -0.4 is 0 Å². The lowest BCUT2D eigenvalue weighted by Crippen LogP contribution is -1.92. The van der Waals surface area contributed by atoms with E-state index in [9.17, 15) is 14.5 Å². The Balaban J connectivity index is 3.33. The van der Waals surface area contributed by atoms with E-state index in [0.29, 0.717) is 0 Å². The van der Waals surface area contributed by atoms with Gasteiger partial charge in [0.05, 0.1) is 9.40 Å². The Morgan fingerprint density at radius 1 is 1.58 bits per heavy atom. The molecule has 0 saturated carbocycles. The second kappa shape index (κ2) is 3.18. The number of nitrogens with zero attached hydrogens (tertiary/aromatic N) is 1. The van der Waals surface area contributed by atoms with E-state index < -0.39 is 10.7 Å². The summed E-state index contributed by atoms with van der Waals surface area (Å²) in [6.45, 7) is 1.48. The summed E-state index contributed by atoms with van der Waals surface area (Å²) in [6, 6.07) is 2.28. The first-order valence-corrected chi connectivity index (χ1v) is 3.91. The van der Waals surface area contributed by atoms with Gasteiger partial charge in [-0.25, -0.2) is 4.39 Å². The van der Waals surface area contributed by atoms with Gasteiger partial charge in [0.1, 0.15) is 5.82 Å². The number of halogens is 2. The standard InChI is InChI=1S/C7H5BrFNO2/c1-4-2-7(10(11)12)5(8)3-6(4)9/h2-3H,1H3. The van der Waals surface area contributed by atoms with Crippen molar-refractivity contribution in [2.24, 2.45) is 0 Å². The SMILES string of the molecule is Cc1cc([N+](=O)[O-])c(Br)cc1F. The predicted octanol–water partition coefficient (Wildman–Crippen LogP) is 2.80. The molecule has 0 aromatic heterocycles. The van der Waals surface area contributed by atoms with Crippen LogP contribution in [0.1, 0.15) is 5.56 Å². The van der Waals surface area contributed by atoms with E-state index in [0.717, 1.165) is 6.07 Å². The maximum absolute atomic E-state index is 12.8. The van der Waals surface area contributed by atoms with Crippen molar-refractivity contribution in [2.75, 3.05) is 0 Å². The summed E-state index contributed by atoms with van der Waals surface area (Å²) in [5, 5.41) is 10.3. The largest absolute Gasteiger partial charge is 0.283 e. The van der Waals surface area contributed by atoms with Crippen LogP contribution in [0.5, 0.6) is 0 Å². The van der Waals surface area contributed by atoms with E-state index in [1.165, 1.54) is 13.0 Å². The third kappa shape index (κ3) is 1.61. The maximum atomic E-state index is 12.8. The number of nitro groups is 1. The van der Waals surface area contributed by atoms with Gasteiger partial charge in [-0.05, 0) is 34.5 Å². The first-order chi connectivity index (χ1) is 5.52. The van der Waals surface area contributed by atoms with E-state index in [1.54, 1.807) is 0 Å². The molecule has 0 N–H and O–H groups in total. The number of nitro benzene ring substituents is 1. The van der Waals surface area contributed by atoms with Crippen molar-refractivity contribution in [3.63, 3.8) is 0 Å². The Morgan fingerprint density at radius 2 is 2.17 bits per heavy atom. The van der Waals surface area contributed by atoms with Crippen LogP contribution >= 0.6 is 15.9 Å². The predicted molar refractivity (Wildman–Crippen MR) is 45.5 cm³/mol. The van der Waals surface area contributed by atoms with Crippen LogP contribution in [0.3, 0.4) is 0 Å². The number of rotatable bonds is 1. The van der Waals surface area contributed by atoms with E-state index in [2.05, 4.69) is 15.9 Å². The summed E-state index contributed by atoms with van der Waals surface area (Å²) in [5.41, 5.74) is 0.152. The summed E-state index contributed by atoms with van der Waals surface area (Å²) in [4.78, 5) is 9.78. The molecule has 0 atom stereocenters. The van der Waals surface area contributed by atoms with Gasteiger partial charge in [0.2, 0.25) is 0 Å². The minimum atomic E-state index is -0.559. The summed E-state index contributed by atoms with van der Waals surface area (Å²) >= 11 is 2.90. The molecule has 3 nitrogen and oxygen atoms in total. The zero-order chi connectivity index (χ0) is 9.30. The zero-order valence-electron chi connectivity index (χ0n) is 6.17. The van der Waals surface area contributed by atoms with Gasteiger partial charge < -0.3 is 0 Å². The van der Waals surface area contributed by atoms with Gasteiger partial charge in [-0.15, -0.1) is 0 Å². The molecule has 0 spiro atoms. The molecule has 0 aliphatic heterocycles. The number of hydrogen-bond donors (Lipinski definition) is 0. The van der Waals surface area contributed by atoms with Gasteiger partial charge in [-0.1, -0.05) is 0 Å². The molecule has 0 aliphatic carbocycles. The fourth-order valence-electron chi connectivity index (χ4n) is 0.782. The van der Waals surface area contributed by atoms with Gasteiger partial charge in [0.15, 0.2) is 0 Å². The van der Waals surface area contributed by atoms with Crippen LogP contribution in [-0.2, 0) is 0 Å². The van der Waals surface area contributed by atoms with Gasteiger partial charge in [-0.2, -0.15) is 0 Å². The van der Waals surface area contributed by atoms with Crippen molar-refractivity contribution >= 4 is 21.6 Å². The Hall–Kier alpha value is -0.970. The van der Waals surface area contributed by atoms with Gasteiger partial charge in [0, 0.05) is 6.07 Å². The highest BCUT2D eigenvalue weighted by Gasteiger charge is 2.13. The topological polar surface area (TPSA) is 43.1 Å². The molecule has 0 radical (unpaired) electrons. The molecule has 1 rings (SSSR count). The van der Waals surface area contributed by atoms with Crippen LogP contribution in [0.15, 0.2) is 16.6 Å². The summed E-state index contributed by atoms with van der Waals surface area (Å²) < 4.78 is 12.9. The lowest BCUT2D eigenvalue weighted by Gasteiger charge is -1.98. The Morgan fingerprint density at radius 3 is 2.67 bits per heavy atom. The quantitative estimate of drug-likeness (QED) is 0.553. The first kappa shape index (κ1) is 9.12. The molecule has 0 unspecified atom stereocenters. The molecule has 0 fully saturated rings. The second-order valence-corrected chi connectivity index (χ2v) is 3.16. The van der Waals surface area contributed by atoms with Gasteiger partial charge in [-0.3, -0.25) is 10.1 Å². The van der Waals surface area contributed by atoms with Crippen LogP contribution in [0.2, 0.25) is 0 Å². The molecule has 1 aromatic rings. The molecule has 5 heteroatoms. The van der Waals surface area contributed by atoms with E-state index in [4.69, 9.17) is 0 Å².